The van der Waals surface area contributed by atoms with Crippen LogP contribution in [0.4, 0.5) is 17.2 Å². The fraction of sp³-hybridized carbons (Fsp3) is 0.111. The molecule has 4 aromatic rings. The molecule has 2 N–H and O–H groups in total. The molecule has 1 heterocycles. The molecule has 12 heteroatoms. The monoisotopic (exact) mass is 566 g/mol. The van der Waals surface area contributed by atoms with Crippen molar-refractivity contribution >= 4 is 43.1 Å². The summed E-state index contributed by atoms with van der Waals surface area (Å²) >= 11 is 0. The number of methoxy groups -OCH3 is 1. The van der Waals surface area contributed by atoms with E-state index in [4.69, 9.17) is 4.74 Å². The third kappa shape index (κ3) is 6.54. The third-order valence-electron chi connectivity index (χ3n) is 5.57. The number of carbonyl (C=O) groups excluding carboxylic acids is 1. The molecule has 1 aromatic heterocycles. The summed E-state index contributed by atoms with van der Waals surface area (Å²) in [5.41, 5.74) is 1.26. The van der Waals surface area contributed by atoms with Gasteiger partial charge in [0.05, 0.1) is 22.6 Å². The molecule has 0 radical (unpaired) electrons. The lowest BCUT2D eigenvalue weighted by Gasteiger charge is -2.26. The van der Waals surface area contributed by atoms with Gasteiger partial charge in [-0.05, 0) is 73.2 Å². The second kappa shape index (κ2) is 11.5. The molecule has 39 heavy (non-hydrogen) atoms. The van der Waals surface area contributed by atoms with E-state index in [1.54, 1.807) is 55.5 Å². The third-order valence-corrected chi connectivity index (χ3v) is 8.72. The summed E-state index contributed by atoms with van der Waals surface area (Å²) in [4.78, 5) is 17.0. The van der Waals surface area contributed by atoms with E-state index in [0.29, 0.717) is 0 Å². The van der Waals surface area contributed by atoms with Crippen LogP contribution < -0.4 is 19.1 Å². The van der Waals surface area contributed by atoms with Crippen molar-refractivity contribution < 1.29 is 26.4 Å². The maximum atomic E-state index is 13.6. The van der Waals surface area contributed by atoms with Crippen molar-refractivity contribution in [3.05, 3.63) is 103 Å². The molecule has 202 valence electrons. The van der Waals surface area contributed by atoms with Gasteiger partial charge in [-0.3, -0.25) is 13.8 Å². The smallest absolute Gasteiger partial charge is 0.264 e. The Morgan fingerprint density at radius 2 is 1.56 bits per heavy atom. The number of benzene rings is 3. The van der Waals surface area contributed by atoms with Crippen LogP contribution in [-0.2, 0) is 24.8 Å². The average Bonchev–Trinajstić information content (AvgIpc) is 2.93. The highest BCUT2D eigenvalue weighted by Crippen LogP contribution is 2.33. The molecular weight excluding hydrogens is 540 g/mol. The van der Waals surface area contributed by atoms with Gasteiger partial charge in [-0.25, -0.2) is 21.8 Å². The molecule has 0 aliphatic carbocycles. The van der Waals surface area contributed by atoms with Gasteiger partial charge < -0.3 is 10.1 Å². The fourth-order valence-electron chi connectivity index (χ4n) is 3.68. The Morgan fingerprint density at radius 1 is 0.872 bits per heavy atom. The molecule has 0 aliphatic heterocycles. The Morgan fingerprint density at radius 3 is 2.21 bits per heavy atom. The zero-order chi connectivity index (χ0) is 28.0. The Kier molecular flexibility index (Phi) is 8.17. The van der Waals surface area contributed by atoms with Crippen molar-refractivity contribution in [2.45, 2.75) is 16.7 Å². The van der Waals surface area contributed by atoms with Gasteiger partial charge in [0.2, 0.25) is 5.91 Å². The van der Waals surface area contributed by atoms with Gasteiger partial charge in [0, 0.05) is 11.9 Å². The van der Waals surface area contributed by atoms with Crippen molar-refractivity contribution in [2.75, 3.05) is 28.0 Å². The molecule has 0 atom stereocenters. The lowest BCUT2D eigenvalue weighted by molar-refractivity contribution is -0.114. The maximum absolute atomic E-state index is 13.6. The Hall–Kier alpha value is -4.42. The highest BCUT2D eigenvalue weighted by atomic mass is 32.2. The number of hydrogen-bond donors (Lipinski definition) is 2. The van der Waals surface area contributed by atoms with Crippen molar-refractivity contribution in [2.24, 2.45) is 0 Å². The van der Waals surface area contributed by atoms with E-state index < -0.39 is 32.5 Å². The Bertz CT molecular complexity index is 1660. The molecule has 0 spiro atoms. The first kappa shape index (κ1) is 27.6. The SMILES string of the molecule is COc1ccc(C)cc1N(CC(=O)Nc1ccc(S(=O)(=O)Nc2ccccn2)cc1)S(=O)(=O)c1ccccc1. The molecule has 0 aliphatic rings. The van der Waals surface area contributed by atoms with E-state index in [1.807, 2.05) is 0 Å². The number of carbonyl (C=O) groups is 1. The number of aryl methyl sites for hydroxylation is 1. The second-order valence-electron chi connectivity index (χ2n) is 8.39. The highest BCUT2D eigenvalue weighted by Gasteiger charge is 2.29. The van der Waals surface area contributed by atoms with Crippen LogP contribution in [0, 0.1) is 6.92 Å². The van der Waals surface area contributed by atoms with Crippen LogP contribution in [0.15, 0.2) is 107 Å². The first-order chi connectivity index (χ1) is 18.6. The number of nitrogens with zero attached hydrogens (tertiary/aromatic N) is 2. The summed E-state index contributed by atoms with van der Waals surface area (Å²) in [7, 11) is -6.63. The van der Waals surface area contributed by atoms with E-state index in [2.05, 4.69) is 15.0 Å². The molecular formula is C27H26N4O6S2. The van der Waals surface area contributed by atoms with Crippen LogP contribution in [0.5, 0.6) is 5.75 Å². The minimum Gasteiger partial charge on any atom is -0.495 e. The lowest BCUT2D eigenvalue weighted by atomic mass is 10.2. The average molecular weight is 567 g/mol. The first-order valence-corrected chi connectivity index (χ1v) is 14.6. The minimum atomic E-state index is -4.15. The van der Waals surface area contributed by atoms with Gasteiger partial charge >= 0.3 is 0 Å². The summed E-state index contributed by atoms with van der Waals surface area (Å²) < 4.78 is 61.3. The Balaban J connectivity index is 1.58. The van der Waals surface area contributed by atoms with Crippen LogP contribution in [0.25, 0.3) is 0 Å². The van der Waals surface area contributed by atoms with Gasteiger partial charge in [-0.2, -0.15) is 0 Å². The fourth-order valence-corrected chi connectivity index (χ4v) is 6.14. The number of sulfonamides is 2. The molecule has 3 aromatic carbocycles. The molecule has 4 rings (SSSR count). The molecule has 0 unspecified atom stereocenters. The first-order valence-electron chi connectivity index (χ1n) is 11.7. The molecule has 0 fully saturated rings. The Labute approximate surface area is 227 Å². The molecule has 0 saturated heterocycles. The van der Waals surface area contributed by atoms with Crippen molar-refractivity contribution in [3.8, 4) is 5.75 Å². The zero-order valence-corrected chi connectivity index (χ0v) is 22.7. The minimum absolute atomic E-state index is 0.0105. The molecule has 0 saturated carbocycles. The molecule has 1 amide bonds. The van der Waals surface area contributed by atoms with Crippen molar-refractivity contribution in [3.63, 3.8) is 0 Å². The van der Waals surface area contributed by atoms with E-state index in [0.717, 1.165) is 9.87 Å². The number of nitrogens with one attached hydrogen (secondary N) is 2. The summed E-state index contributed by atoms with van der Waals surface area (Å²) in [5, 5.41) is 2.63. The van der Waals surface area contributed by atoms with Gasteiger partial charge in [0.1, 0.15) is 18.1 Å². The van der Waals surface area contributed by atoms with Crippen LogP contribution in [0.2, 0.25) is 0 Å². The quantitative estimate of drug-likeness (QED) is 0.296. The van der Waals surface area contributed by atoms with Crippen molar-refractivity contribution in [1.29, 1.82) is 0 Å². The van der Waals surface area contributed by atoms with Gasteiger partial charge in [0.25, 0.3) is 20.0 Å². The van der Waals surface area contributed by atoms with Crippen LogP contribution in [-0.4, -0.2) is 41.4 Å². The largest absolute Gasteiger partial charge is 0.495 e. The molecule has 10 nitrogen and oxygen atoms in total. The number of hydrogen-bond acceptors (Lipinski definition) is 7. The van der Waals surface area contributed by atoms with Crippen LogP contribution in [0.1, 0.15) is 5.56 Å². The van der Waals surface area contributed by atoms with Crippen LogP contribution in [0.3, 0.4) is 0 Å². The lowest BCUT2D eigenvalue weighted by Crippen LogP contribution is -2.38. The predicted octanol–water partition coefficient (Wildman–Crippen LogP) is 4.03. The van der Waals surface area contributed by atoms with E-state index in [1.165, 1.54) is 55.8 Å². The second-order valence-corrected chi connectivity index (χ2v) is 11.9. The molecule has 0 bridgehead atoms. The van der Waals surface area contributed by atoms with Gasteiger partial charge in [-0.1, -0.05) is 30.3 Å². The summed E-state index contributed by atoms with van der Waals surface area (Å²) in [6, 6.07) is 23.1. The number of aromatic nitrogens is 1. The van der Waals surface area contributed by atoms with E-state index in [-0.39, 0.29) is 32.7 Å². The summed E-state index contributed by atoms with van der Waals surface area (Å²) in [5.74, 6) is -0.190. The van der Waals surface area contributed by atoms with E-state index in [9.17, 15) is 21.6 Å². The summed E-state index contributed by atoms with van der Waals surface area (Å²) in [6.07, 6.45) is 1.46. The number of rotatable bonds is 10. The topological polar surface area (TPSA) is 135 Å². The normalized spacial score (nSPS) is 11.4. The van der Waals surface area contributed by atoms with E-state index >= 15 is 0 Å². The zero-order valence-electron chi connectivity index (χ0n) is 21.1. The number of pyridine rings is 1. The summed E-state index contributed by atoms with van der Waals surface area (Å²) in [6.45, 7) is 1.24. The van der Waals surface area contributed by atoms with Crippen LogP contribution >= 0.6 is 0 Å². The standard InChI is InChI=1S/C27H26N4O6S2/c1-20-11-16-25(37-2)24(18-20)31(39(35,36)23-8-4-3-5-9-23)19-27(32)29-21-12-14-22(15-13-21)38(33,34)30-26-10-6-7-17-28-26/h3-18H,19H2,1-2H3,(H,28,30)(H,29,32). The number of ether oxygens (including phenoxy) is 1. The number of anilines is 3. The van der Waals surface area contributed by atoms with Crippen molar-refractivity contribution in [1.82, 2.24) is 4.98 Å². The highest BCUT2D eigenvalue weighted by molar-refractivity contribution is 7.93. The maximum Gasteiger partial charge on any atom is 0.264 e. The van der Waals surface area contributed by atoms with Gasteiger partial charge in [-0.15, -0.1) is 0 Å². The predicted molar refractivity (Wildman–Crippen MR) is 149 cm³/mol. The number of amides is 1. The van der Waals surface area contributed by atoms with Gasteiger partial charge in [0.15, 0.2) is 0 Å².